The molecule has 0 saturated heterocycles. The second-order valence-corrected chi connectivity index (χ2v) is 9.82. The molecule has 0 aliphatic carbocycles. The molecule has 168 valence electrons. The maximum Gasteiger partial charge on any atom is 0.190 e. The number of halogens is 1. The zero-order valence-electron chi connectivity index (χ0n) is 18.5. The summed E-state index contributed by atoms with van der Waals surface area (Å²) in [5, 5.41) is 6.50. The van der Waals surface area contributed by atoms with Gasteiger partial charge < -0.3 is 10.6 Å². The highest BCUT2D eigenvalue weighted by Gasteiger charge is 2.13. The van der Waals surface area contributed by atoms with Gasteiger partial charge in [0.1, 0.15) is 0 Å². The van der Waals surface area contributed by atoms with Gasteiger partial charge in [-0.3, -0.25) is 9.89 Å². The minimum Gasteiger partial charge on any atom is -0.356 e. The molecule has 6 nitrogen and oxygen atoms in total. The molecule has 1 aromatic rings. The number of rotatable bonds is 12. The van der Waals surface area contributed by atoms with E-state index in [1.54, 1.807) is 7.05 Å². The minimum absolute atomic E-state index is 0. The Bertz CT molecular complexity index is 671. The fourth-order valence-electron chi connectivity index (χ4n) is 3.20. The first-order valence-corrected chi connectivity index (χ1v) is 12.0. The average molecular weight is 539 g/mol. The Morgan fingerprint density at radius 2 is 1.55 bits per heavy atom. The summed E-state index contributed by atoms with van der Waals surface area (Å²) in [6.45, 7) is 11.3. The number of benzene rings is 1. The Morgan fingerprint density at radius 1 is 1.00 bits per heavy atom. The Balaban J connectivity index is 0.00000784. The summed E-state index contributed by atoms with van der Waals surface area (Å²) in [5.41, 5.74) is 0.838. The van der Waals surface area contributed by atoms with Gasteiger partial charge in [-0.05, 0) is 46.1 Å². The summed E-state index contributed by atoms with van der Waals surface area (Å²) in [6, 6.07) is 10.4. The lowest BCUT2D eigenvalue weighted by Crippen LogP contribution is -2.41. The molecule has 0 unspecified atom stereocenters. The summed E-state index contributed by atoms with van der Waals surface area (Å²) < 4.78 is 24.4. The summed E-state index contributed by atoms with van der Waals surface area (Å²) in [6.07, 6.45) is 1.59. The minimum atomic E-state index is -3.09. The van der Waals surface area contributed by atoms with Gasteiger partial charge in [-0.1, -0.05) is 30.3 Å². The number of sulfone groups is 1. The lowest BCUT2D eigenvalue weighted by atomic mass is 10.2. The van der Waals surface area contributed by atoms with Crippen LogP contribution in [0.15, 0.2) is 35.3 Å². The van der Waals surface area contributed by atoms with E-state index in [1.807, 2.05) is 30.3 Å². The first kappa shape index (κ1) is 28.1. The SMILES string of the molecule is CN=C(NCCCN(C(C)C)C(C)C)NCCCS(=O)(=O)Cc1ccccc1.I. The van der Waals surface area contributed by atoms with Crippen LogP contribution in [-0.4, -0.2) is 63.8 Å². The molecule has 1 aromatic carbocycles. The summed E-state index contributed by atoms with van der Waals surface area (Å²) in [5.74, 6) is 0.994. The lowest BCUT2D eigenvalue weighted by Gasteiger charge is -2.30. The Hall–Kier alpha value is -0.870. The van der Waals surface area contributed by atoms with Gasteiger partial charge in [-0.15, -0.1) is 24.0 Å². The van der Waals surface area contributed by atoms with Crippen molar-refractivity contribution in [2.75, 3.05) is 32.4 Å². The van der Waals surface area contributed by atoms with Crippen LogP contribution in [0.1, 0.15) is 46.1 Å². The van der Waals surface area contributed by atoms with Crippen LogP contribution in [0.2, 0.25) is 0 Å². The van der Waals surface area contributed by atoms with Crippen molar-refractivity contribution in [2.24, 2.45) is 4.99 Å². The van der Waals surface area contributed by atoms with Gasteiger partial charge >= 0.3 is 0 Å². The van der Waals surface area contributed by atoms with Crippen molar-refractivity contribution in [1.82, 2.24) is 15.5 Å². The quantitative estimate of drug-likeness (QED) is 0.185. The second-order valence-electron chi connectivity index (χ2n) is 7.64. The molecule has 0 amide bonds. The van der Waals surface area contributed by atoms with E-state index in [9.17, 15) is 8.42 Å². The van der Waals surface area contributed by atoms with Crippen molar-refractivity contribution < 1.29 is 8.42 Å². The van der Waals surface area contributed by atoms with Gasteiger partial charge in [-0.2, -0.15) is 0 Å². The van der Waals surface area contributed by atoms with Crippen LogP contribution in [0.4, 0.5) is 0 Å². The van der Waals surface area contributed by atoms with E-state index in [2.05, 4.69) is 48.2 Å². The van der Waals surface area contributed by atoms with E-state index < -0.39 is 9.84 Å². The lowest BCUT2D eigenvalue weighted by molar-refractivity contribution is 0.173. The molecule has 0 atom stereocenters. The van der Waals surface area contributed by atoms with E-state index in [4.69, 9.17) is 0 Å². The zero-order valence-corrected chi connectivity index (χ0v) is 21.7. The topological polar surface area (TPSA) is 73.8 Å². The number of nitrogens with one attached hydrogen (secondary N) is 2. The van der Waals surface area contributed by atoms with Gasteiger partial charge in [0, 0.05) is 38.8 Å². The maximum atomic E-state index is 12.2. The fourth-order valence-corrected chi connectivity index (χ4v) is 4.63. The molecular weight excluding hydrogens is 499 g/mol. The normalized spacial score (nSPS) is 12.3. The molecule has 0 aliphatic rings. The van der Waals surface area contributed by atoms with Crippen molar-refractivity contribution >= 4 is 39.8 Å². The van der Waals surface area contributed by atoms with Crippen LogP contribution in [0.25, 0.3) is 0 Å². The van der Waals surface area contributed by atoms with Crippen molar-refractivity contribution in [2.45, 2.75) is 58.4 Å². The highest BCUT2D eigenvalue weighted by molar-refractivity contribution is 14.0. The average Bonchev–Trinajstić information content (AvgIpc) is 2.63. The second kappa shape index (κ2) is 15.0. The summed E-state index contributed by atoms with van der Waals surface area (Å²) in [4.78, 5) is 6.68. The van der Waals surface area contributed by atoms with Crippen molar-refractivity contribution in [3.05, 3.63) is 35.9 Å². The fraction of sp³-hybridized carbons (Fsp3) is 0.667. The summed E-state index contributed by atoms with van der Waals surface area (Å²) >= 11 is 0. The van der Waals surface area contributed by atoms with Gasteiger partial charge in [0.05, 0.1) is 11.5 Å². The molecule has 0 heterocycles. The van der Waals surface area contributed by atoms with Crippen molar-refractivity contribution in [1.29, 1.82) is 0 Å². The van der Waals surface area contributed by atoms with Gasteiger partial charge in [0.2, 0.25) is 0 Å². The van der Waals surface area contributed by atoms with Crippen LogP contribution in [0.3, 0.4) is 0 Å². The van der Waals surface area contributed by atoms with E-state index in [0.29, 0.717) is 25.0 Å². The molecule has 0 spiro atoms. The third kappa shape index (κ3) is 12.4. The third-order valence-electron chi connectivity index (χ3n) is 4.59. The third-order valence-corrected chi connectivity index (χ3v) is 6.27. The van der Waals surface area contributed by atoms with Crippen molar-refractivity contribution in [3.8, 4) is 0 Å². The van der Waals surface area contributed by atoms with Gasteiger partial charge in [-0.25, -0.2) is 8.42 Å². The largest absolute Gasteiger partial charge is 0.356 e. The number of hydrogen-bond acceptors (Lipinski definition) is 4. The Labute approximate surface area is 194 Å². The highest BCUT2D eigenvalue weighted by atomic mass is 127. The molecule has 0 saturated carbocycles. The van der Waals surface area contributed by atoms with Crippen LogP contribution in [-0.2, 0) is 15.6 Å². The number of hydrogen-bond donors (Lipinski definition) is 2. The highest BCUT2D eigenvalue weighted by Crippen LogP contribution is 2.07. The number of guanidine groups is 1. The Morgan fingerprint density at radius 3 is 2.07 bits per heavy atom. The van der Waals surface area contributed by atoms with Gasteiger partial charge in [0.25, 0.3) is 0 Å². The molecule has 1 rings (SSSR count). The molecule has 0 radical (unpaired) electrons. The van der Waals surface area contributed by atoms with Crippen LogP contribution in [0, 0.1) is 0 Å². The van der Waals surface area contributed by atoms with E-state index >= 15 is 0 Å². The standard InChI is InChI=1S/C21H38N4O2S.HI/c1-18(2)25(19(3)4)15-9-13-23-21(22-5)24-14-10-16-28(26,27)17-20-11-7-6-8-12-20;/h6-8,11-12,18-19H,9-10,13-17H2,1-5H3,(H2,22,23,24);1H. The Kier molecular flexibility index (Phi) is 14.6. The predicted molar refractivity (Wildman–Crippen MR) is 135 cm³/mol. The predicted octanol–water partition coefficient (Wildman–Crippen LogP) is 3.28. The zero-order chi connectivity index (χ0) is 21.0. The van der Waals surface area contributed by atoms with Gasteiger partial charge in [0.15, 0.2) is 15.8 Å². The molecule has 29 heavy (non-hydrogen) atoms. The summed E-state index contributed by atoms with van der Waals surface area (Å²) in [7, 11) is -1.36. The smallest absolute Gasteiger partial charge is 0.190 e. The molecule has 0 aromatic heterocycles. The number of aliphatic imine (C=N–C) groups is 1. The molecule has 2 N–H and O–H groups in total. The van der Waals surface area contributed by atoms with E-state index in [1.165, 1.54) is 0 Å². The monoisotopic (exact) mass is 538 g/mol. The molecule has 8 heteroatoms. The molecular formula is C21H39IN4O2S. The maximum absolute atomic E-state index is 12.2. The first-order chi connectivity index (χ1) is 13.2. The van der Waals surface area contributed by atoms with E-state index in [-0.39, 0.29) is 35.5 Å². The van der Waals surface area contributed by atoms with Crippen LogP contribution >= 0.6 is 24.0 Å². The first-order valence-electron chi connectivity index (χ1n) is 10.2. The number of nitrogens with zero attached hydrogens (tertiary/aromatic N) is 2. The van der Waals surface area contributed by atoms with E-state index in [0.717, 1.165) is 31.0 Å². The van der Waals surface area contributed by atoms with Crippen LogP contribution < -0.4 is 10.6 Å². The molecule has 0 fully saturated rings. The van der Waals surface area contributed by atoms with Crippen molar-refractivity contribution in [3.63, 3.8) is 0 Å². The molecule has 0 bridgehead atoms. The van der Waals surface area contributed by atoms with Crippen LogP contribution in [0.5, 0.6) is 0 Å². The molecule has 0 aliphatic heterocycles.